The number of carbonyl (C=O) groups is 1. The average Bonchev–Trinajstić information content (AvgIpc) is 2.62. The molecule has 0 bridgehead atoms. The lowest BCUT2D eigenvalue weighted by atomic mass is 10.1. The molecule has 7 heteroatoms. The maximum Gasteiger partial charge on any atom is 0.254 e. The van der Waals surface area contributed by atoms with Gasteiger partial charge in [-0.25, -0.2) is 13.1 Å². The van der Waals surface area contributed by atoms with Crippen LogP contribution in [0.2, 0.25) is 0 Å². The van der Waals surface area contributed by atoms with Gasteiger partial charge in [-0.15, -0.1) is 0 Å². The molecule has 0 aromatic heterocycles. The SMILES string of the molecule is CNS(=O)(=O)c1ccc(C)c(C(=O)N(CCO)Cc2ccccc2)c1. The lowest BCUT2D eigenvalue weighted by Crippen LogP contribution is -2.33. The van der Waals surface area contributed by atoms with Crippen LogP contribution in [-0.4, -0.2) is 44.5 Å². The number of carbonyl (C=O) groups excluding carboxylic acids is 1. The van der Waals surface area contributed by atoms with Crippen molar-refractivity contribution in [2.45, 2.75) is 18.4 Å². The molecule has 6 nitrogen and oxygen atoms in total. The van der Waals surface area contributed by atoms with E-state index in [2.05, 4.69) is 4.72 Å². The van der Waals surface area contributed by atoms with E-state index in [0.29, 0.717) is 17.7 Å². The quantitative estimate of drug-likeness (QED) is 0.782. The minimum Gasteiger partial charge on any atom is -0.395 e. The Morgan fingerprint density at radius 1 is 1.16 bits per heavy atom. The van der Waals surface area contributed by atoms with Crippen molar-refractivity contribution >= 4 is 15.9 Å². The zero-order valence-corrected chi connectivity index (χ0v) is 15.1. The lowest BCUT2D eigenvalue weighted by molar-refractivity contribution is 0.0707. The molecule has 0 radical (unpaired) electrons. The third-order valence-corrected chi connectivity index (χ3v) is 5.30. The van der Waals surface area contributed by atoms with Crippen molar-refractivity contribution in [1.29, 1.82) is 0 Å². The fourth-order valence-electron chi connectivity index (χ4n) is 2.46. The second-order valence-corrected chi connectivity index (χ2v) is 7.51. The number of aliphatic hydroxyl groups is 1. The molecule has 2 N–H and O–H groups in total. The first-order valence-corrected chi connectivity index (χ1v) is 9.35. The van der Waals surface area contributed by atoms with Crippen LogP contribution < -0.4 is 4.72 Å². The van der Waals surface area contributed by atoms with E-state index in [9.17, 15) is 18.3 Å². The highest BCUT2D eigenvalue weighted by Crippen LogP contribution is 2.18. The molecule has 0 heterocycles. The predicted molar refractivity (Wildman–Crippen MR) is 95.7 cm³/mol. The van der Waals surface area contributed by atoms with E-state index in [-0.39, 0.29) is 24.0 Å². The third kappa shape index (κ3) is 4.66. The molecule has 2 aromatic rings. The molecule has 2 aromatic carbocycles. The fraction of sp³-hybridized carbons (Fsp3) is 0.278. The second kappa shape index (κ2) is 8.24. The van der Waals surface area contributed by atoms with E-state index in [4.69, 9.17) is 0 Å². The lowest BCUT2D eigenvalue weighted by Gasteiger charge is -2.23. The minimum absolute atomic E-state index is 0.0348. The largest absolute Gasteiger partial charge is 0.395 e. The van der Waals surface area contributed by atoms with Gasteiger partial charge < -0.3 is 10.0 Å². The Hall–Kier alpha value is -2.22. The van der Waals surface area contributed by atoms with Crippen LogP contribution in [0.1, 0.15) is 21.5 Å². The molecule has 0 fully saturated rings. The zero-order chi connectivity index (χ0) is 18.4. The highest BCUT2D eigenvalue weighted by Gasteiger charge is 2.21. The number of nitrogens with one attached hydrogen (secondary N) is 1. The summed E-state index contributed by atoms with van der Waals surface area (Å²) in [5.41, 5.74) is 1.91. The van der Waals surface area contributed by atoms with E-state index in [0.717, 1.165) is 5.56 Å². The summed E-state index contributed by atoms with van der Waals surface area (Å²) in [6.45, 7) is 2.08. The molecule has 25 heavy (non-hydrogen) atoms. The molecule has 0 aliphatic carbocycles. The Labute approximate surface area is 148 Å². The van der Waals surface area contributed by atoms with Crippen molar-refractivity contribution in [3.8, 4) is 0 Å². The summed E-state index contributed by atoms with van der Waals surface area (Å²) in [5, 5.41) is 9.30. The second-order valence-electron chi connectivity index (χ2n) is 5.62. The molecule has 1 amide bonds. The van der Waals surface area contributed by atoms with Crippen molar-refractivity contribution in [3.63, 3.8) is 0 Å². The standard InChI is InChI=1S/C18H22N2O4S/c1-14-8-9-16(25(23,24)19-2)12-17(14)18(22)20(10-11-21)13-15-6-4-3-5-7-15/h3-9,12,19,21H,10-11,13H2,1-2H3. The average molecular weight is 362 g/mol. The molecule has 0 unspecified atom stereocenters. The maximum atomic E-state index is 12.9. The molecule has 0 spiro atoms. The van der Waals surface area contributed by atoms with Crippen molar-refractivity contribution in [1.82, 2.24) is 9.62 Å². The molecule has 0 aliphatic rings. The Kier molecular flexibility index (Phi) is 6.30. The molecule has 2 rings (SSSR count). The van der Waals surface area contributed by atoms with Crippen molar-refractivity contribution in [2.24, 2.45) is 0 Å². The fourth-order valence-corrected chi connectivity index (χ4v) is 3.22. The van der Waals surface area contributed by atoms with Gasteiger partial charge in [-0.2, -0.15) is 0 Å². The summed E-state index contributed by atoms with van der Waals surface area (Å²) in [7, 11) is -2.31. The zero-order valence-electron chi connectivity index (χ0n) is 14.3. The van der Waals surface area contributed by atoms with Crippen molar-refractivity contribution in [2.75, 3.05) is 20.2 Å². The summed E-state index contributed by atoms with van der Waals surface area (Å²) in [4.78, 5) is 14.5. The van der Waals surface area contributed by atoms with Crippen molar-refractivity contribution < 1.29 is 18.3 Å². The Morgan fingerprint density at radius 2 is 1.84 bits per heavy atom. The normalized spacial score (nSPS) is 11.3. The van der Waals surface area contributed by atoms with Crippen LogP contribution in [0.4, 0.5) is 0 Å². The van der Waals surface area contributed by atoms with Crippen LogP contribution in [0.15, 0.2) is 53.4 Å². The predicted octanol–water partition coefficient (Wildman–Crippen LogP) is 1.54. The van der Waals surface area contributed by atoms with Crippen LogP contribution in [0.5, 0.6) is 0 Å². The smallest absolute Gasteiger partial charge is 0.254 e. The Morgan fingerprint density at radius 3 is 2.44 bits per heavy atom. The van der Waals surface area contributed by atoms with Gasteiger partial charge in [0.1, 0.15) is 0 Å². The number of aliphatic hydroxyl groups excluding tert-OH is 1. The van der Waals surface area contributed by atoms with Crippen LogP contribution in [0.25, 0.3) is 0 Å². The molecule has 0 saturated heterocycles. The number of hydrogen-bond acceptors (Lipinski definition) is 4. The third-order valence-electron chi connectivity index (χ3n) is 3.89. The Bertz CT molecular complexity index is 835. The summed E-state index contributed by atoms with van der Waals surface area (Å²) in [6, 6.07) is 13.9. The summed E-state index contributed by atoms with van der Waals surface area (Å²) < 4.78 is 26.2. The van der Waals surface area contributed by atoms with Crippen LogP contribution in [0.3, 0.4) is 0 Å². The first-order chi connectivity index (χ1) is 11.9. The van der Waals surface area contributed by atoms with Gasteiger partial charge >= 0.3 is 0 Å². The number of rotatable bonds is 7. The monoisotopic (exact) mass is 362 g/mol. The van der Waals surface area contributed by atoms with Crippen LogP contribution in [0, 0.1) is 6.92 Å². The topological polar surface area (TPSA) is 86.7 Å². The Balaban J connectivity index is 2.37. The van der Waals surface area contributed by atoms with Gasteiger partial charge in [0.15, 0.2) is 0 Å². The van der Waals surface area contributed by atoms with Gasteiger partial charge in [0.05, 0.1) is 11.5 Å². The van der Waals surface area contributed by atoms with Crippen LogP contribution in [-0.2, 0) is 16.6 Å². The number of hydrogen-bond donors (Lipinski definition) is 2. The number of sulfonamides is 1. The summed E-state index contributed by atoms with van der Waals surface area (Å²) in [6.07, 6.45) is 0. The molecule has 134 valence electrons. The highest BCUT2D eigenvalue weighted by molar-refractivity contribution is 7.89. The van der Waals surface area contributed by atoms with Gasteiger partial charge in [0.25, 0.3) is 5.91 Å². The maximum absolute atomic E-state index is 12.9. The van der Waals surface area contributed by atoms with Gasteiger partial charge in [-0.1, -0.05) is 36.4 Å². The van der Waals surface area contributed by atoms with Gasteiger partial charge in [0, 0.05) is 18.7 Å². The summed E-state index contributed by atoms with van der Waals surface area (Å²) in [5.74, 6) is -0.316. The first kappa shape index (κ1) is 19.1. The van der Waals surface area contributed by atoms with E-state index in [1.165, 1.54) is 24.1 Å². The number of benzene rings is 2. The molecular formula is C18H22N2O4S. The van der Waals surface area contributed by atoms with Crippen LogP contribution >= 0.6 is 0 Å². The van der Waals surface area contributed by atoms with E-state index in [1.54, 1.807) is 13.0 Å². The highest BCUT2D eigenvalue weighted by atomic mass is 32.2. The van der Waals surface area contributed by atoms with Gasteiger partial charge in [-0.3, -0.25) is 4.79 Å². The molecular weight excluding hydrogens is 340 g/mol. The van der Waals surface area contributed by atoms with Gasteiger partial charge in [-0.05, 0) is 37.2 Å². The number of nitrogens with zero attached hydrogens (tertiary/aromatic N) is 1. The molecule has 0 atom stereocenters. The summed E-state index contributed by atoms with van der Waals surface area (Å²) >= 11 is 0. The van der Waals surface area contributed by atoms with E-state index < -0.39 is 10.0 Å². The molecule has 0 saturated carbocycles. The van der Waals surface area contributed by atoms with E-state index >= 15 is 0 Å². The minimum atomic E-state index is -3.64. The molecule has 0 aliphatic heterocycles. The van der Waals surface area contributed by atoms with E-state index in [1.807, 2.05) is 30.3 Å². The van der Waals surface area contributed by atoms with Gasteiger partial charge in [0.2, 0.25) is 10.0 Å². The number of amides is 1. The number of aryl methyl sites for hydroxylation is 1. The van der Waals surface area contributed by atoms with Crippen molar-refractivity contribution in [3.05, 3.63) is 65.2 Å². The first-order valence-electron chi connectivity index (χ1n) is 7.87.